The molecule has 7 heteroatoms. The van der Waals surface area contributed by atoms with E-state index in [1.165, 1.54) is 12.1 Å². The van der Waals surface area contributed by atoms with Crippen molar-refractivity contribution >= 4 is 39.0 Å². The fraction of sp³-hybridized carbons (Fsp3) is 0.385. The van der Waals surface area contributed by atoms with Crippen molar-refractivity contribution in [1.82, 2.24) is 4.90 Å². The molecule has 0 aliphatic heterocycles. The Balaban J connectivity index is 2.36. The first-order valence-corrected chi connectivity index (χ1v) is 7.20. The highest BCUT2D eigenvalue weighted by Crippen LogP contribution is 2.20. The lowest BCUT2D eigenvalue weighted by molar-refractivity contribution is -0.130. The summed E-state index contributed by atoms with van der Waals surface area (Å²) < 4.78 is 19.0. The summed E-state index contributed by atoms with van der Waals surface area (Å²) in [7, 11) is 1.68. The minimum atomic E-state index is -0.394. The van der Waals surface area contributed by atoms with Gasteiger partial charge in [-0.05, 0) is 12.1 Å². The van der Waals surface area contributed by atoms with Gasteiger partial charge in [-0.3, -0.25) is 4.79 Å². The summed E-state index contributed by atoms with van der Waals surface area (Å²) in [5.74, 6) is -0.0820. The Morgan fingerprint density at radius 2 is 2.15 bits per heavy atom. The molecule has 0 saturated heterocycles. The maximum absolute atomic E-state index is 13.1. The Kier molecular flexibility index (Phi) is 6.87. The maximum atomic E-state index is 13.1. The highest BCUT2D eigenvalue weighted by molar-refractivity contribution is 9.10. The van der Waals surface area contributed by atoms with Crippen molar-refractivity contribution in [1.29, 1.82) is 0 Å². The number of hydrogen-bond donors (Lipinski definition) is 1. The van der Waals surface area contributed by atoms with Crippen LogP contribution in [0, 0.1) is 5.82 Å². The maximum Gasteiger partial charge on any atom is 0.225 e. The molecular formula is C13H16BrFN2O2S. The predicted octanol–water partition coefficient (Wildman–Crippen LogP) is 2.49. The van der Waals surface area contributed by atoms with Crippen molar-refractivity contribution in [3.8, 4) is 5.75 Å². The molecule has 1 rings (SSSR count). The number of thiocarbonyl (C=S) groups is 1. The molecule has 0 bridgehead atoms. The van der Waals surface area contributed by atoms with E-state index in [2.05, 4.69) is 15.9 Å². The van der Waals surface area contributed by atoms with Crippen molar-refractivity contribution < 1.29 is 13.9 Å². The van der Waals surface area contributed by atoms with Crippen LogP contribution in [0.15, 0.2) is 22.7 Å². The third-order valence-corrected chi connectivity index (χ3v) is 3.20. The number of carbonyl (C=O) groups excluding carboxylic acids is 1. The standard InChI is InChI=1S/C13H16BrFN2O2S/c1-17(4-2-12(16)20)13(18)3-5-19-11-7-9(14)6-10(15)8-11/h6-8H,2-5H2,1H3,(H2,16,20). The minimum absolute atomic E-state index is 0.0725. The van der Waals surface area contributed by atoms with Crippen LogP contribution in [0.2, 0.25) is 0 Å². The zero-order chi connectivity index (χ0) is 15.1. The van der Waals surface area contributed by atoms with Gasteiger partial charge in [0.05, 0.1) is 18.0 Å². The first-order chi connectivity index (χ1) is 9.38. The molecule has 0 atom stereocenters. The van der Waals surface area contributed by atoms with Gasteiger partial charge in [0, 0.05) is 30.6 Å². The third kappa shape index (κ3) is 6.29. The molecule has 0 radical (unpaired) electrons. The summed E-state index contributed by atoms with van der Waals surface area (Å²) in [5.41, 5.74) is 5.37. The fourth-order valence-electron chi connectivity index (χ4n) is 1.46. The van der Waals surface area contributed by atoms with Crippen LogP contribution >= 0.6 is 28.1 Å². The Morgan fingerprint density at radius 3 is 2.75 bits per heavy atom. The summed E-state index contributed by atoms with van der Waals surface area (Å²) >= 11 is 7.92. The number of hydrogen-bond acceptors (Lipinski definition) is 3. The number of nitrogens with zero attached hydrogens (tertiary/aromatic N) is 1. The van der Waals surface area contributed by atoms with E-state index in [1.807, 2.05) is 0 Å². The average molecular weight is 363 g/mol. The van der Waals surface area contributed by atoms with Crippen LogP contribution in [0.25, 0.3) is 0 Å². The van der Waals surface area contributed by atoms with E-state index in [0.717, 1.165) is 0 Å². The van der Waals surface area contributed by atoms with Crippen LogP contribution in [0.5, 0.6) is 5.75 Å². The highest BCUT2D eigenvalue weighted by Gasteiger charge is 2.09. The molecule has 1 aromatic rings. The van der Waals surface area contributed by atoms with Gasteiger partial charge < -0.3 is 15.4 Å². The lowest BCUT2D eigenvalue weighted by Crippen LogP contribution is -2.30. The Labute approximate surface area is 131 Å². The largest absolute Gasteiger partial charge is 0.493 e. The Hall–Kier alpha value is -1.21. The van der Waals surface area contributed by atoms with E-state index in [4.69, 9.17) is 22.7 Å². The molecule has 2 N–H and O–H groups in total. The Bertz CT molecular complexity index is 479. The van der Waals surface area contributed by atoms with Gasteiger partial charge in [0.15, 0.2) is 0 Å². The number of ether oxygens (including phenoxy) is 1. The minimum Gasteiger partial charge on any atom is -0.493 e. The first-order valence-electron chi connectivity index (χ1n) is 5.99. The van der Waals surface area contributed by atoms with Crippen LogP contribution < -0.4 is 10.5 Å². The summed E-state index contributed by atoms with van der Waals surface area (Å²) in [6.07, 6.45) is 0.706. The van der Waals surface area contributed by atoms with Gasteiger partial charge in [-0.1, -0.05) is 28.1 Å². The second-order valence-electron chi connectivity index (χ2n) is 4.24. The lowest BCUT2D eigenvalue weighted by atomic mass is 10.3. The molecule has 1 aromatic carbocycles. The molecule has 0 aliphatic rings. The first kappa shape index (κ1) is 16.8. The predicted molar refractivity (Wildman–Crippen MR) is 83.3 cm³/mol. The molecule has 0 aliphatic carbocycles. The van der Waals surface area contributed by atoms with E-state index in [0.29, 0.717) is 28.2 Å². The van der Waals surface area contributed by atoms with E-state index in [1.54, 1.807) is 18.0 Å². The molecule has 0 heterocycles. The normalized spacial score (nSPS) is 10.2. The quantitative estimate of drug-likeness (QED) is 0.757. The second kappa shape index (κ2) is 8.16. The van der Waals surface area contributed by atoms with E-state index >= 15 is 0 Å². The third-order valence-electron chi connectivity index (χ3n) is 2.54. The molecular weight excluding hydrogens is 347 g/mol. The molecule has 0 fully saturated rings. The molecule has 0 aromatic heterocycles. The smallest absolute Gasteiger partial charge is 0.225 e. The molecule has 110 valence electrons. The van der Waals surface area contributed by atoms with Gasteiger partial charge in [0.2, 0.25) is 5.91 Å². The van der Waals surface area contributed by atoms with Crippen LogP contribution in [0.4, 0.5) is 4.39 Å². The summed E-state index contributed by atoms with van der Waals surface area (Å²) in [4.78, 5) is 13.7. The van der Waals surface area contributed by atoms with E-state index in [-0.39, 0.29) is 18.9 Å². The molecule has 0 unspecified atom stereocenters. The summed E-state index contributed by atoms with van der Waals surface area (Å²) in [6, 6.07) is 4.25. The number of amides is 1. The van der Waals surface area contributed by atoms with E-state index in [9.17, 15) is 9.18 Å². The topological polar surface area (TPSA) is 55.6 Å². The summed E-state index contributed by atoms with van der Waals surface area (Å²) in [6.45, 7) is 0.672. The highest BCUT2D eigenvalue weighted by atomic mass is 79.9. The zero-order valence-corrected chi connectivity index (χ0v) is 13.5. The van der Waals surface area contributed by atoms with Crippen molar-refractivity contribution in [3.05, 3.63) is 28.5 Å². The van der Waals surface area contributed by atoms with Crippen molar-refractivity contribution in [2.75, 3.05) is 20.2 Å². The molecule has 4 nitrogen and oxygen atoms in total. The van der Waals surface area contributed by atoms with E-state index < -0.39 is 5.82 Å². The SMILES string of the molecule is CN(CCC(N)=S)C(=O)CCOc1cc(F)cc(Br)c1. The molecule has 0 saturated carbocycles. The Morgan fingerprint density at radius 1 is 1.45 bits per heavy atom. The van der Waals surface area contributed by atoms with Crippen molar-refractivity contribution in [3.63, 3.8) is 0 Å². The fourth-order valence-corrected chi connectivity index (χ4v) is 2.00. The van der Waals surface area contributed by atoms with Crippen molar-refractivity contribution in [2.45, 2.75) is 12.8 Å². The van der Waals surface area contributed by atoms with Gasteiger partial charge in [-0.15, -0.1) is 0 Å². The van der Waals surface area contributed by atoms with Gasteiger partial charge in [-0.25, -0.2) is 4.39 Å². The van der Waals surface area contributed by atoms with Crippen LogP contribution in [-0.2, 0) is 4.79 Å². The van der Waals surface area contributed by atoms with Crippen molar-refractivity contribution in [2.24, 2.45) is 5.73 Å². The monoisotopic (exact) mass is 362 g/mol. The summed E-state index contributed by atoms with van der Waals surface area (Å²) in [5, 5.41) is 0. The molecule has 0 spiro atoms. The van der Waals surface area contributed by atoms with Crippen LogP contribution in [0.3, 0.4) is 0 Å². The van der Waals surface area contributed by atoms with Gasteiger partial charge in [0.1, 0.15) is 11.6 Å². The van der Waals surface area contributed by atoms with Gasteiger partial charge in [0.25, 0.3) is 0 Å². The number of carbonyl (C=O) groups is 1. The number of halogens is 2. The number of rotatable bonds is 7. The zero-order valence-electron chi connectivity index (χ0n) is 11.1. The van der Waals surface area contributed by atoms with Crippen LogP contribution in [-0.4, -0.2) is 36.0 Å². The number of nitrogens with two attached hydrogens (primary N) is 1. The average Bonchev–Trinajstić information content (AvgIpc) is 2.34. The molecule has 1 amide bonds. The van der Waals surface area contributed by atoms with Crippen LogP contribution in [0.1, 0.15) is 12.8 Å². The number of benzene rings is 1. The second-order valence-corrected chi connectivity index (χ2v) is 5.68. The van der Waals surface area contributed by atoms with Gasteiger partial charge in [-0.2, -0.15) is 0 Å². The van der Waals surface area contributed by atoms with Gasteiger partial charge >= 0.3 is 0 Å². The molecule has 20 heavy (non-hydrogen) atoms. The lowest BCUT2D eigenvalue weighted by Gasteiger charge is -2.16.